The Labute approximate surface area is 331 Å². The molecular formula is C39H49NO18. The fourth-order valence-electron chi connectivity index (χ4n) is 8.07. The van der Waals surface area contributed by atoms with Crippen LogP contribution in [0.2, 0.25) is 0 Å². The molecule has 1 unspecified atom stereocenters. The molecule has 0 aromatic heterocycles. The number of rotatable bonds is 14. The number of phenolic OH excluding ortho intramolecular Hbond substituents is 2. The number of phenols is 2. The second-order valence-corrected chi connectivity index (χ2v) is 15.1. The zero-order valence-electron chi connectivity index (χ0n) is 31.8. The second-order valence-electron chi connectivity index (χ2n) is 15.1. The van der Waals surface area contributed by atoms with Crippen LogP contribution in [0.4, 0.5) is 0 Å². The Kier molecular flexibility index (Phi) is 13.2. The van der Waals surface area contributed by atoms with Gasteiger partial charge < -0.3 is 75.0 Å². The molecular weight excluding hydrogens is 770 g/mol. The number of hydrogen-bond donors (Lipinski definition) is 10. The van der Waals surface area contributed by atoms with Gasteiger partial charge in [0.2, 0.25) is 11.7 Å². The van der Waals surface area contributed by atoms with E-state index in [4.69, 9.17) is 23.7 Å². The van der Waals surface area contributed by atoms with E-state index in [0.29, 0.717) is 19.3 Å². The molecule has 4 aliphatic rings. The van der Waals surface area contributed by atoms with Crippen molar-refractivity contribution in [2.75, 3.05) is 26.9 Å². The molecule has 2 saturated heterocycles. The number of nitrogens with one attached hydrogen (secondary N) is 1. The summed E-state index contributed by atoms with van der Waals surface area (Å²) in [6.07, 6.45) is -12.1. The maximum Gasteiger partial charge on any atom is 0.220 e. The number of unbranched alkanes of at least 4 members (excludes halogenated alkanes) is 2. The van der Waals surface area contributed by atoms with Crippen molar-refractivity contribution in [1.82, 2.24) is 5.32 Å². The Hall–Kier alpha value is -4.12. The van der Waals surface area contributed by atoms with Crippen molar-refractivity contribution in [3.8, 4) is 17.2 Å². The summed E-state index contributed by atoms with van der Waals surface area (Å²) in [6.45, 7) is 0.491. The molecule has 2 aliphatic carbocycles. The molecule has 0 saturated carbocycles. The van der Waals surface area contributed by atoms with Gasteiger partial charge in [-0.25, -0.2) is 0 Å². The maximum atomic E-state index is 13.9. The molecule has 0 bridgehead atoms. The highest BCUT2D eigenvalue weighted by atomic mass is 16.7. The van der Waals surface area contributed by atoms with Gasteiger partial charge in [0, 0.05) is 49.0 Å². The van der Waals surface area contributed by atoms with Crippen molar-refractivity contribution in [2.45, 2.75) is 119 Å². The zero-order chi connectivity index (χ0) is 42.2. The molecule has 0 radical (unpaired) electrons. The van der Waals surface area contributed by atoms with E-state index in [1.165, 1.54) is 32.2 Å². The Morgan fingerprint density at radius 3 is 2.34 bits per heavy atom. The van der Waals surface area contributed by atoms with Crippen molar-refractivity contribution >= 4 is 23.3 Å². The standard InChI is InChI=1S/C39H49NO18/c1-16-30(44)19(40-24(43)9-4-3-5-10-55-15-22-33(47)36(50)37(51)38(52)58-22)11-25(56-16)57-21-13-39(53,23(42)14-41)12-18-27(21)35(49)29-28(32(18)46)31(45)17-7-6-8-20(54-2)26(17)34(29)48/h6-8,16,19,21-22,25,30,33,36-38,41,44,46-47,49-53H,3-5,9-15H2,1-2H3,(H,40,43)/t16-,19-,21-,22+,25-,30+,33-,36-,37+,38?,39-/m0/s1. The summed E-state index contributed by atoms with van der Waals surface area (Å²) in [7, 11) is 1.30. The number of benzene rings is 2. The number of methoxy groups -OCH3 is 1. The van der Waals surface area contributed by atoms with Crippen molar-refractivity contribution in [1.29, 1.82) is 0 Å². The molecule has 58 heavy (non-hydrogen) atoms. The highest BCUT2D eigenvalue weighted by Crippen LogP contribution is 2.52. The first-order valence-corrected chi connectivity index (χ1v) is 19.0. The Balaban J connectivity index is 1.12. The number of hydrogen-bond acceptors (Lipinski definition) is 18. The van der Waals surface area contributed by atoms with Gasteiger partial charge >= 0.3 is 0 Å². The fourth-order valence-corrected chi connectivity index (χ4v) is 8.07. The minimum absolute atomic E-state index is 0.0493. The van der Waals surface area contributed by atoms with Gasteiger partial charge in [0.15, 0.2) is 24.1 Å². The van der Waals surface area contributed by atoms with Gasteiger partial charge in [-0.1, -0.05) is 18.6 Å². The average Bonchev–Trinajstić information content (AvgIpc) is 3.19. The molecule has 19 heteroatoms. The molecule has 0 spiro atoms. The number of aliphatic hydroxyl groups excluding tert-OH is 6. The highest BCUT2D eigenvalue weighted by Gasteiger charge is 2.50. The van der Waals surface area contributed by atoms with Gasteiger partial charge in [-0.3, -0.25) is 19.2 Å². The van der Waals surface area contributed by atoms with E-state index < -0.39 is 132 Å². The largest absolute Gasteiger partial charge is 0.507 e. The van der Waals surface area contributed by atoms with Gasteiger partial charge in [0.25, 0.3) is 0 Å². The van der Waals surface area contributed by atoms with Gasteiger partial charge in [-0.05, 0) is 25.8 Å². The number of Topliss-reactive ketones (excluding diaryl/α,β-unsaturated/α-hetero) is 1. The predicted molar refractivity (Wildman–Crippen MR) is 194 cm³/mol. The third kappa shape index (κ3) is 8.21. The van der Waals surface area contributed by atoms with E-state index in [0.717, 1.165) is 0 Å². The quantitative estimate of drug-likeness (QED) is 0.0656. The lowest BCUT2D eigenvalue weighted by atomic mass is 9.72. The van der Waals surface area contributed by atoms with Gasteiger partial charge in [0.1, 0.15) is 60.0 Å². The number of aromatic hydroxyl groups is 2. The smallest absolute Gasteiger partial charge is 0.220 e. The third-order valence-electron chi connectivity index (χ3n) is 11.3. The van der Waals surface area contributed by atoms with Crippen molar-refractivity contribution in [3.63, 3.8) is 0 Å². The van der Waals surface area contributed by atoms with Crippen LogP contribution >= 0.6 is 0 Å². The molecule has 19 nitrogen and oxygen atoms in total. The SMILES string of the molecule is COc1cccc2c1C(=O)c1c(O)c3c(c(O)c1C2=O)C[C@@](O)(C(=O)CO)C[C@@H]3O[C@H]1C[C@H](NC(=O)CCCCCOC[C@H]2OC(O)[C@H](O)[C@@H](O)[C@H]2O)[C@H](O)[C@H](C)O1. The number of ketones is 3. The number of aliphatic hydroxyl groups is 7. The van der Waals surface area contributed by atoms with Crippen molar-refractivity contribution in [2.24, 2.45) is 0 Å². The zero-order valence-corrected chi connectivity index (χ0v) is 31.8. The maximum absolute atomic E-state index is 13.9. The summed E-state index contributed by atoms with van der Waals surface area (Å²) >= 11 is 0. The van der Waals surface area contributed by atoms with Gasteiger partial charge in [0.05, 0.1) is 48.7 Å². The van der Waals surface area contributed by atoms with E-state index in [9.17, 15) is 65.1 Å². The van der Waals surface area contributed by atoms with E-state index in [1.807, 2.05) is 0 Å². The van der Waals surface area contributed by atoms with Crippen LogP contribution < -0.4 is 10.1 Å². The van der Waals surface area contributed by atoms with Crippen LogP contribution in [0.3, 0.4) is 0 Å². The number of ether oxygens (including phenoxy) is 5. The molecule has 6 rings (SSSR count). The minimum atomic E-state index is -2.36. The first kappa shape index (κ1) is 43.5. The molecule has 2 fully saturated rings. The number of amides is 1. The molecule has 10 N–H and O–H groups in total. The van der Waals surface area contributed by atoms with Crippen LogP contribution in [-0.2, 0) is 35.0 Å². The van der Waals surface area contributed by atoms with Crippen LogP contribution in [0.25, 0.3) is 0 Å². The Morgan fingerprint density at radius 2 is 1.64 bits per heavy atom. The number of carbonyl (C=O) groups excluding carboxylic acids is 4. The summed E-state index contributed by atoms with van der Waals surface area (Å²) in [5.41, 5.74) is -4.14. The molecule has 1 amide bonds. The van der Waals surface area contributed by atoms with Crippen LogP contribution in [0, 0.1) is 0 Å². The van der Waals surface area contributed by atoms with Crippen LogP contribution in [0.15, 0.2) is 18.2 Å². The minimum Gasteiger partial charge on any atom is -0.507 e. The summed E-state index contributed by atoms with van der Waals surface area (Å²) < 4.78 is 28.0. The molecule has 2 aromatic rings. The van der Waals surface area contributed by atoms with Crippen LogP contribution in [0.5, 0.6) is 17.2 Å². The number of carbonyl (C=O) groups is 4. The molecule has 2 aliphatic heterocycles. The number of fused-ring (bicyclic) bond motifs is 3. The Bertz CT molecular complexity index is 1900. The Morgan fingerprint density at radius 1 is 0.914 bits per heavy atom. The molecule has 2 aromatic carbocycles. The lowest BCUT2D eigenvalue weighted by Crippen LogP contribution is -2.58. The van der Waals surface area contributed by atoms with Gasteiger partial charge in [-0.2, -0.15) is 0 Å². The van der Waals surface area contributed by atoms with Crippen LogP contribution in [0.1, 0.15) is 94.5 Å². The lowest BCUT2D eigenvalue weighted by molar-refractivity contribution is -0.288. The van der Waals surface area contributed by atoms with E-state index >= 15 is 0 Å². The monoisotopic (exact) mass is 819 g/mol. The molecule has 11 atom stereocenters. The fraction of sp³-hybridized carbons (Fsp3) is 0.590. The van der Waals surface area contributed by atoms with Crippen molar-refractivity contribution < 1.29 is 88.8 Å². The summed E-state index contributed by atoms with van der Waals surface area (Å²) in [6, 6.07) is 3.37. The average molecular weight is 820 g/mol. The van der Waals surface area contributed by atoms with Crippen LogP contribution in [-0.4, -0.2) is 157 Å². The first-order chi connectivity index (χ1) is 27.5. The normalized spacial score (nSPS) is 31.9. The second kappa shape index (κ2) is 17.6. The predicted octanol–water partition coefficient (Wildman–Crippen LogP) is -1.46. The molecule has 318 valence electrons. The van der Waals surface area contributed by atoms with E-state index in [-0.39, 0.29) is 54.1 Å². The van der Waals surface area contributed by atoms with E-state index in [2.05, 4.69) is 5.32 Å². The first-order valence-electron chi connectivity index (χ1n) is 19.0. The summed E-state index contributed by atoms with van der Waals surface area (Å²) in [5.74, 6) is -4.55. The topological polar surface area (TPSA) is 309 Å². The lowest BCUT2D eigenvalue weighted by Gasteiger charge is -2.43. The summed E-state index contributed by atoms with van der Waals surface area (Å²) in [4.78, 5) is 53.6. The van der Waals surface area contributed by atoms with Gasteiger partial charge in [-0.15, -0.1) is 0 Å². The highest BCUT2D eigenvalue weighted by molar-refractivity contribution is 6.31. The van der Waals surface area contributed by atoms with E-state index in [1.54, 1.807) is 0 Å². The molecule has 2 heterocycles. The van der Waals surface area contributed by atoms with Crippen molar-refractivity contribution in [3.05, 3.63) is 51.6 Å². The third-order valence-corrected chi connectivity index (χ3v) is 11.3. The summed E-state index contributed by atoms with van der Waals surface area (Å²) in [5, 5.41) is 97.4.